The molecule has 1 aromatic rings. The van der Waals surface area contributed by atoms with Gasteiger partial charge in [-0.25, -0.2) is 8.42 Å². The van der Waals surface area contributed by atoms with Gasteiger partial charge >= 0.3 is 0 Å². The largest absolute Gasteiger partial charge is 0.399 e. The van der Waals surface area contributed by atoms with E-state index in [0.29, 0.717) is 12.1 Å². The molecular formula is C9H12ClNO2S. The molecule has 1 aromatic carbocycles. The Morgan fingerprint density at radius 1 is 1.43 bits per heavy atom. The molecule has 0 unspecified atom stereocenters. The number of halogens is 1. The van der Waals surface area contributed by atoms with Gasteiger partial charge in [-0.2, -0.15) is 0 Å². The van der Waals surface area contributed by atoms with Crippen LogP contribution in [0.2, 0.25) is 5.02 Å². The van der Waals surface area contributed by atoms with Gasteiger partial charge in [0.05, 0.1) is 15.7 Å². The Kier molecular flexibility index (Phi) is 3.39. The summed E-state index contributed by atoms with van der Waals surface area (Å²) in [7, 11) is -3.25. The van der Waals surface area contributed by atoms with Crippen LogP contribution in [0.3, 0.4) is 0 Å². The number of nitrogens with two attached hydrogens (primary N) is 1. The minimum Gasteiger partial charge on any atom is -0.399 e. The Balaban J connectivity index is 3.20. The Bertz CT molecular complexity index is 428. The van der Waals surface area contributed by atoms with Crippen molar-refractivity contribution in [3.63, 3.8) is 0 Å². The van der Waals surface area contributed by atoms with Crippen LogP contribution >= 0.6 is 11.6 Å². The normalized spacial score (nSPS) is 11.6. The molecule has 0 fully saturated rings. The first-order valence-corrected chi connectivity index (χ1v) is 6.28. The molecule has 0 saturated heterocycles. The summed E-state index contributed by atoms with van der Waals surface area (Å²) in [4.78, 5) is 0.162. The molecule has 0 aromatic heterocycles. The zero-order chi connectivity index (χ0) is 10.8. The van der Waals surface area contributed by atoms with Crippen molar-refractivity contribution in [3.8, 4) is 0 Å². The Labute approximate surface area is 88.8 Å². The molecule has 0 aliphatic rings. The number of benzene rings is 1. The zero-order valence-corrected chi connectivity index (χ0v) is 9.40. The van der Waals surface area contributed by atoms with E-state index >= 15 is 0 Å². The van der Waals surface area contributed by atoms with Crippen LogP contribution in [0.25, 0.3) is 0 Å². The Morgan fingerprint density at radius 2 is 2.07 bits per heavy atom. The Morgan fingerprint density at radius 3 is 2.57 bits per heavy atom. The van der Waals surface area contributed by atoms with Crippen molar-refractivity contribution in [3.05, 3.63) is 23.2 Å². The van der Waals surface area contributed by atoms with E-state index < -0.39 is 9.84 Å². The lowest BCUT2D eigenvalue weighted by molar-refractivity contribution is 0.595. The van der Waals surface area contributed by atoms with Gasteiger partial charge in [0.25, 0.3) is 0 Å². The number of hydrogen-bond acceptors (Lipinski definition) is 3. The third-order valence-corrected chi connectivity index (χ3v) is 4.16. The molecule has 0 radical (unpaired) electrons. The third-order valence-electron chi connectivity index (χ3n) is 1.76. The molecule has 0 saturated carbocycles. The standard InChI is InChI=1S/C9H12ClNO2S/c1-2-5-14(12,13)9-4-3-7(11)6-8(9)10/h3-4,6H,2,5,11H2,1H3. The molecule has 0 heterocycles. The predicted molar refractivity (Wildman–Crippen MR) is 58.2 cm³/mol. The van der Waals surface area contributed by atoms with E-state index in [2.05, 4.69) is 0 Å². The van der Waals surface area contributed by atoms with Crippen LogP contribution in [0.5, 0.6) is 0 Å². The van der Waals surface area contributed by atoms with Crippen LogP contribution in [0, 0.1) is 0 Å². The molecule has 2 N–H and O–H groups in total. The second kappa shape index (κ2) is 4.19. The van der Waals surface area contributed by atoms with Crippen molar-refractivity contribution in [1.29, 1.82) is 0 Å². The van der Waals surface area contributed by atoms with Gasteiger partial charge in [0.1, 0.15) is 0 Å². The van der Waals surface area contributed by atoms with Crippen LogP contribution in [-0.4, -0.2) is 14.2 Å². The fraction of sp³-hybridized carbons (Fsp3) is 0.333. The van der Waals surface area contributed by atoms with E-state index in [4.69, 9.17) is 17.3 Å². The van der Waals surface area contributed by atoms with Crippen LogP contribution in [0.15, 0.2) is 23.1 Å². The van der Waals surface area contributed by atoms with E-state index in [1.807, 2.05) is 6.92 Å². The molecule has 0 aliphatic carbocycles. The minimum absolute atomic E-state index is 0.108. The van der Waals surface area contributed by atoms with Gasteiger partial charge in [0, 0.05) is 5.69 Å². The fourth-order valence-corrected chi connectivity index (χ4v) is 3.08. The van der Waals surface area contributed by atoms with Crippen molar-refractivity contribution >= 4 is 27.1 Å². The summed E-state index contributed by atoms with van der Waals surface area (Å²) in [5.41, 5.74) is 5.93. The van der Waals surface area contributed by atoms with Crippen molar-refractivity contribution in [2.75, 3.05) is 11.5 Å². The average Bonchev–Trinajstić information content (AvgIpc) is 2.02. The highest BCUT2D eigenvalue weighted by Crippen LogP contribution is 2.24. The van der Waals surface area contributed by atoms with Crippen molar-refractivity contribution in [2.24, 2.45) is 0 Å². The predicted octanol–water partition coefficient (Wildman–Crippen LogP) is 2.11. The van der Waals surface area contributed by atoms with Crippen molar-refractivity contribution in [2.45, 2.75) is 18.2 Å². The van der Waals surface area contributed by atoms with Gasteiger partial charge in [0.15, 0.2) is 9.84 Å². The molecule has 0 atom stereocenters. The summed E-state index contributed by atoms with van der Waals surface area (Å²) in [6, 6.07) is 4.43. The molecule has 78 valence electrons. The average molecular weight is 234 g/mol. The summed E-state index contributed by atoms with van der Waals surface area (Å²) in [6.07, 6.45) is 0.572. The molecule has 3 nitrogen and oxygen atoms in total. The Hall–Kier alpha value is -0.740. The number of hydrogen-bond donors (Lipinski definition) is 1. The topological polar surface area (TPSA) is 60.2 Å². The molecule has 5 heteroatoms. The van der Waals surface area contributed by atoms with E-state index in [0.717, 1.165) is 0 Å². The summed E-state index contributed by atoms with van der Waals surface area (Å²) >= 11 is 5.79. The second-order valence-corrected chi connectivity index (χ2v) is 5.49. The molecule has 0 spiro atoms. The lowest BCUT2D eigenvalue weighted by Crippen LogP contribution is -2.06. The van der Waals surface area contributed by atoms with Crippen molar-refractivity contribution < 1.29 is 8.42 Å². The zero-order valence-electron chi connectivity index (χ0n) is 7.83. The lowest BCUT2D eigenvalue weighted by Gasteiger charge is -2.05. The highest BCUT2D eigenvalue weighted by atomic mass is 35.5. The quantitative estimate of drug-likeness (QED) is 0.814. The molecular weight excluding hydrogens is 222 g/mol. The maximum absolute atomic E-state index is 11.6. The highest BCUT2D eigenvalue weighted by molar-refractivity contribution is 7.91. The van der Waals surface area contributed by atoms with E-state index in [1.165, 1.54) is 18.2 Å². The SMILES string of the molecule is CCCS(=O)(=O)c1ccc(N)cc1Cl. The van der Waals surface area contributed by atoms with Crippen LogP contribution < -0.4 is 5.73 Å². The highest BCUT2D eigenvalue weighted by Gasteiger charge is 2.16. The van der Waals surface area contributed by atoms with Gasteiger partial charge in [-0.15, -0.1) is 0 Å². The third kappa shape index (κ3) is 2.39. The first kappa shape index (κ1) is 11.3. The van der Waals surface area contributed by atoms with Crippen LogP contribution in [0.1, 0.15) is 13.3 Å². The maximum Gasteiger partial charge on any atom is 0.179 e. The summed E-state index contributed by atoms with van der Waals surface area (Å²) in [6.45, 7) is 1.81. The molecule has 0 bridgehead atoms. The van der Waals surface area contributed by atoms with E-state index in [9.17, 15) is 8.42 Å². The van der Waals surface area contributed by atoms with E-state index in [-0.39, 0.29) is 15.7 Å². The molecule has 0 amide bonds. The van der Waals surface area contributed by atoms with Gasteiger partial charge in [-0.05, 0) is 24.6 Å². The summed E-state index contributed by atoms with van der Waals surface area (Å²) in [5.74, 6) is 0.108. The molecule has 1 rings (SSSR count). The fourth-order valence-electron chi connectivity index (χ4n) is 1.15. The lowest BCUT2D eigenvalue weighted by atomic mass is 10.3. The first-order valence-electron chi connectivity index (χ1n) is 4.25. The number of rotatable bonds is 3. The van der Waals surface area contributed by atoms with Crippen LogP contribution in [0.4, 0.5) is 5.69 Å². The maximum atomic E-state index is 11.6. The number of nitrogen functional groups attached to an aromatic ring is 1. The van der Waals surface area contributed by atoms with Gasteiger partial charge in [-0.1, -0.05) is 18.5 Å². The monoisotopic (exact) mass is 233 g/mol. The van der Waals surface area contributed by atoms with Gasteiger partial charge in [-0.3, -0.25) is 0 Å². The van der Waals surface area contributed by atoms with Crippen LogP contribution in [-0.2, 0) is 9.84 Å². The smallest absolute Gasteiger partial charge is 0.179 e. The minimum atomic E-state index is -3.25. The van der Waals surface area contributed by atoms with Crippen molar-refractivity contribution in [1.82, 2.24) is 0 Å². The first-order chi connectivity index (χ1) is 6.47. The second-order valence-electron chi connectivity index (χ2n) is 3.01. The number of anilines is 1. The molecule has 14 heavy (non-hydrogen) atoms. The van der Waals surface area contributed by atoms with E-state index in [1.54, 1.807) is 0 Å². The van der Waals surface area contributed by atoms with Gasteiger partial charge < -0.3 is 5.73 Å². The molecule has 0 aliphatic heterocycles. The summed E-state index contributed by atoms with van der Waals surface area (Å²) < 4.78 is 23.3. The van der Waals surface area contributed by atoms with Gasteiger partial charge in [0.2, 0.25) is 0 Å². The summed E-state index contributed by atoms with van der Waals surface area (Å²) in [5, 5.41) is 0.193. The number of sulfone groups is 1.